The van der Waals surface area contributed by atoms with E-state index in [1.807, 2.05) is 0 Å². The van der Waals surface area contributed by atoms with Crippen LogP contribution in [0, 0.1) is 5.82 Å². The van der Waals surface area contributed by atoms with E-state index in [1.165, 1.54) is 24.4 Å². The molecule has 0 bridgehead atoms. The SMILES string of the molecule is O=C(NCc1cccnc1Oc1cccc(F)c1)n1sc2ncccc2c1=O. The van der Waals surface area contributed by atoms with Gasteiger partial charge in [0.25, 0.3) is 5.56 Å². The van der Waals surface area contributed by atoms with Crippen LogP contribution in [0.3, 0.4) is 0 Å². The molecule has 28 heavy (non-hydrogen) atoms. The number of hydrogen-bond donors (Lipinski definition) is 1. The van der Waals surface area contributed by atoms with Crippen LogP contribution in [-0.2, 0) is 6.54 Å². The summed E-state index contributed by atoms with van der Waals surface area (Å²) in [6, 6.07) is 11.8. The van der Waals surface area contributed by atoms with E-state index in [-0.39, 0.29) is 18.2 Å². The van der Waals surface area contributed by atoms with Crippen LogP contribution in [0.15, 0.2) is 65.7 Å². The van der Waals surface area contributed by atoms with Gasteiger partial charge in [-0.05, 0) is 41.9 Å². The van der Waals surface area contributed by atoms with Gasteiger partial charge >= 0.3 is 6.03 Å². The van der Waals surface area contributed by atoms with Crippen molar-refractivity contribution < 1.29 is 13.9 Å². The Morgan fingerprint density at radius 1 is 1.14 bits per heavy atom. The Morgan fingerprint density at radius 2 is 1.96 bits per heavy atom. The third-order valence-electron chi connectivity index (χ3n) is 3.84. The number of pyridine rings is 2. The minimum absolute atomic E-state index is 0.0748. The number of benzene rings is 1. The Labute approximate surface area is 162 Å². The number of amides is 1. The van der Waals surface area contributed by atoms with E-state index in [0.717, 1.165) is 15.5 Å². The maximum Gasteiger partial charge on any atom is 0.338 e. The number of halogens is 1. The summed E-state index contributed by atoms with van der Waals surface area (Å²) in [7, 11) is 0. The average Bonchev–Trinajstić information content (AvgIpc) is 3.04. The molecule has 0 saturated carbocycles. The molecule has 1 aromatic carbocycles. The summed E-state index contributed by atoms with van der Waals surface area (Å²) in [5.41, 5.74) is 0.153. The third-order valence-corrected chi connectivity index (χ3v) is 4.85. The van der Waals surface area contributed by atoms with E-state index < -0.39 is 17.4 Å². The van der Waals surface area contributed by atoms with Crippen LogP contribution in [0.25, 0.3) is 10.2 Å². The first-order valence-corrected chi connectivity index (χ1v) is 9.02. The largest absolute Gasteiger partial charge is 0.439 e. The first kappa shape index (κ1) is 17.8. The second-order valence-electron chi connectivity index (χ2n) is 5.73. The van der Waals surface area contributed by atoms with E-state index in [0.29, 0.717) is 15.8 Å². The third kappa shape index (κ3) is 3.60. The van der Waals surface area contributed by atoms with Gasteiger partial charge in [0.05, 0.1) is 5.39 Å². The number of aromatic nitrogens is 3. The Morgan fingerprint density at radius 3 is 2.79 bits per heavy atom. The molecule has 9 heteroatoms. The second kappa shape index (κ2) is 7.57. The van der Waals surface area contributed by atoms with Gasteiger partial charge in [0.1, 0.15) is 16.4 Å². The molecule has 0 spiro atoms. The van der Waals surface area contributed by atoms with Crippen LogP contribution in [0.4, 0.5) is 9.18 Å². The number of carbonyl (C=O) groups is 1. The van der Waals surface area contributed by atoms with E-state index >= 15 is 0 Å². The Kier molecular flexibility index (Phi) is 4.81. The molecule has 4 rings (SSSR count). The number of ether oxygens (including phenoxy) is 1. The Balaban J connectivity index is 1.52. The lowest BCUT2D eigenvalue weighted by molar-refractivity contribution is 0.243. The van der Waals surface area contributed by atoms with Crippen molar-refractivity contribution in [2.75, 3.05) is 0 Å². The van der Waals surface area contributed by atoms with Crippen LogP contribution in [0.2, 0.25) is 0 Å². The van der Waals surface area contributed by atoms with Gasteiger partial charge in [0, 0.05) is 30.6 Å². The van der Waals surface area contributed by atoms with Gasteiger partial charge in [-0.3, -0.25) is 4.79 Å². The van der Waals surface area contributed by atoms with Gasteiger partial charge in [-0.2, -0.15) is 3.96 Å². The number of rotatable bonds is 4. The molecule has 0 aliphatic heterocycles. The lowest BCUT2D eigenvalue weighted by atomic mass is 10.2. The predicted molar refractivity (Wildman–Crippen MR) is 102 cm³/mol. The quantitative estimate of drug-likeness (QED) is 0.570. The zero-order valence-corrected chi connectivity index (χ0v) is 15.1. The fourth-order valence-corrected chi connectivity index (χ4v) is 3.40. The Hall–Kier alpha value is -3.59. The fourth-order valence-electron chi connectivity index (χ4n) is 2.53. The minimum atomic E-state index is -0.575. The zero-order valence-electron chi connectivity index (χ0n) is 14.3. The molecule has 3 heterocycles. The van der Waals surface area contributed by atoms with Crippen LogP contribution < -0.4 is 15.6 Å². The summed E-state index contributed by atoms with van der Waals surface area (Å²) in [5.74, 6) is 0.0952. The van der Waals surface area contributed by atoms with Crippen molar-refractivity contribution in [1.82, 2.24) is 19.2 Å². The zero-order chi connectivity index (χ0) is 19.5. The van der Waals surface area contributed by atoms with Crippen molar-refractivity contribution in [2.24, 2.45) is 0 Å². The van der Waals surface area contributed by atoms with Crippen molar-refractivity contribution >= 4 is 27.8 Å². The standard InChI is InChI=1S/C19H13FN4O3S/c20-13-5-1-6-14(10-13)27-16-12(4-2-8-21-16)11-23-19(26)24-18(25)15-7-3-9-22-17(15)28-24/h1-10H,11H2,(H,23,26). The minimum Gasteiger partial charge on any atom is -0.439 e. The first-order chi connectivity index (χ1) is 13.6. The van der Waals surface area contributed by atoms with Crippen molar-refractivity contribution in [2.45, 2.75) is 6.54 Å². The smallest absolute Gasteiger partial charge is 0.338 e. The molecule has 0 atom stereocenters. The predicted octanol–water partition coefficient (Wildman–Crippen LogP) is 3.54. The molecule has 0 fully saturated rings. The van der Waals surface area contributed by atoms with Gasteiger partial charge in [-0.25, -0.2) is 19.2 Å². The highest BCUT2D eigenvalue weighted by atomic mass is 32.1. The molecular weight excluding hydrogens is 383 g/mol. The number of hydrogen-bond acceptors (Lipinski definition) is 6. The molecule has 0 radical (unpaired) electrons. The lowest BCUT2D eigenvalue weighted by Gasteiger charge is -2.10. The van der Waals surface area contributed by atoms with Gasteiger partial charge < -0.3 is 10.1 Å². The molecule has 0 aliphatic carbocycles. The maximum absolute atomic E-state index is 13.3. The number of nitrogens with one attached hydrogen (secondary N) is 1. The van der Waals surface area contributed by atoms with Crippen molar-refractivity contribution in [3.63, 3.8) is 0 Å². The molecular formula is C19H13FN4O3S. The molecule has 0 aliphatic rings. The second-order valence-corrected chi connectivity index (χ2v) is 6.67. The molecule has 1 amide bonds. The molecule has 7 nitrogen and oxygen atoms in total. The average molecular weight is 396 g/mol. The van der Waals surface area contributed by atoms with Crippen LogP contribution >= 0.6 is 11.5 Å². The van der Waals surface area contributed by atoms with E-state index in [4.69, 9.17) is 4.74 Å². The van der Waals surface area contributed by atoms with Crippen molar-refractivity contribution in [1.29, 1.82) is 0 Å². The summed E-state index contributed by atoms with van der Waals surface area (Å²) in [5, 5.41) is 3.06. The highest BCUT2D eigenvalue weighted by Gasteiger charge is 2.15. The molecule has 3 aromatic heterocycles. The molecule has 140 valence electrons. The molecule has 0 unspecified atom stereocenters. The van der Waals surface area contributed by atoms with Crippen LogP contribution in [-0.4, -0.2) is 20.0 Å². The monoisotopic (exact) mass is 396 g/mol. The highest BCUT2D eigenvalue weighted by molar-refractivity contribution is 7.14. The highest BCUT2D eigenvalue weighted by Crippen LogP contribution is 2.23. The van der Waals surface area contributed by atoms with E-state index in [9.17, 15) is 14.0 Å². The van der Waals surface area contributed by atoms with Gasteiger partial charge in [0.15, 0.2) is 0 Å². The van der Waals surface area contributed by atoms with Crippen LogP contribution in [0.5, 0.6) is 11.6 Å². The topological polar surface area (TPSA) is 86.1 Å². The van der Waals surface area contributed by atoms with Crippen LogP contribution in [0.1, 0.15) is 5.56 Å². The first-order valence-electron chi connectivity index (χ1n) is 8.24. The maximum atomic E-state index is 13.3. The number of carbonyl (C=O) groups excluding carboxylic acids is 1. The molecule has 0 saturated heterocycles. The molecule has 4 aromatic rings. The summed E-state index contributed by atoms with van der Waals surface area (Å²) in [4.78, 5) is 33.5. The number of fused-ring (bicyclic) bond motifs is 1. The van der Waals surface area contributed by atoms with Gasteiger partial charge in [-0.15, -0.1) is 0 Å². The molecule has 1 N–H and O–H groups in total. The van der Waals surface area contributed by atoms with Crippen molar-refractivity contribution in [3.8, 4) is 11.6 Å². The number of nitrogens with zero attached hydrogens (tertiary/aromatic N) is 3. The summed E-state index contributed by atoms with van der Waals surface area (Å²) in [6.45, 7) is 0.0748. The fraction of sp³-hybridized carbons (Fsp3) is 0.0526. The summed E-state index contributed by atoms with van der Waals surface area (Å²) >= 11 is 0.968. The Bertz CT molecular complexity index is 1220. The van der Waals surface area contributed by atoms with Gasteiger partial charge in [-0.1, -0.05) is 12.1 Å². The lowest BCUT2D eigenvalue weighted by Crippen LogP contribution is -2.32. The summed E-state index contributed by atoms with van der Waals surface area (Å²) in [6.07, 6.45) is 3.09. The van der Waals surface area contributed by atoms with E-state index in [1.54, 1.807) is 36.5 Å². The van der Waals surface area contributed by atoms with Gasteiger partial charge in [0.2, 0.25) is 5.88 Å². The summed E-state index contributed by atoms with van der Waals surface area (Å²) < 4.78 is 20.0. The van der Waals surface area contributed by atoms with E-state index in [2.05, 4.69) is 15.3 Å². The normalized spacial score (nSPS) is 10.8. The van der Waals surface area contributed by atoms with Crippen molar-refractivity contribution in [3.05, 3.63) is 82.7 Å².